The van der Waals surface area contributed by atoms with Gasteiger partial charge in [-0.15, -0.1) is 0 Å². The second-order valence-corrected chi connectivity index (χ2v) is 4.49. The molecule has 0 spiro atoms. The zero-order valence-electron chi connectivity index (χ0n) is 8.59. The number of imidazole rings is 1. The first-order chi connectivity index (χ1) is 7.55. The molecule has 1 fully saturated rings. The van der Waals surface area contributed by atoms with Crippen LogP contribution in [0.5, 0.6) is 0 Å². The molecule has 1 aromatic heterocycles. The molecule has 2 aliphatic rings. The van der Waals surface area contributed by atoms with Crippen LogP contribution in [0.15, 0.2) is 6.20 Å². The van der Waals surface area contributed by atoms with Gasteiger partial charge in [-0.05, 0) is 18.8 Å². The number of rotatable bonds is 0. The Morgan fingerprint density at radius 1 is 1.38 bits per heavy atom. The fraction of sp³-hybridized carbons (Fsp3) is 0.700. The molecule has 6 heteroatoms. The van der Waals surface area contributed by atoms with E-state index in [0.29, 0.717) is 11.9 Å². The molecule has 3 nitrogen and oxygen atoms in total. The van der Waals surface area contributed by atoms with Crippen molar-refractivity contribution in [2.24, 2.45) is 5.92 Å². The molecule has 1 N–H and O–H groups in total. The van der Waals surface area contributed by atoms with Crippen LogP contribution >= 0.6 is 0 Å². The van der Waals surface area contributed by atoms with Crippen molar-refractivity contribution in [3.05, 3.63) is 11.9 Å². The van der Waals surface area contributed by atoms with Crippen LogP contribution in [0.1, 0.15) is 31.0 Å². The average Bonchev–Trinajstić information content (AvgIpc) is 2.81. The number of anilines is 1. The molecular weight excluding hydrogens is 219 g/mol. The number of aromatic nitrogens is 2. The number of hydrogen-bond acceptors (Lipinski definition) is 2. The van der Waals surface area contributed by atoms with Gasteiger partial charge in [0, 0.05) is 18.8 Å². The lowest BCUT2D eigenvalue weighted by Crippen LogP contribution is -2.28. The van der Waals surface area contributed by atoms with Crippen LogP contribution in [0, 0.1) is 5.92 Å². The molecule has 3 rings (SSSR count). The van der Waals surface area contributed by atoms with Crippen LogP contribution in [0.4, 0.5) is 19.1 Å². The molecule has 0 saturated heterocycles. The van der Waals surface area contributed by atoms with E-state index < -0.39 is 11.9 Å². The summed E-state index contributed by atoms with van der Waals surface area (Å²) in [6.45, 7) is 0.749. The van der Waals surface area contributed by atoms with E-state index in [2.05, 4.69) is 10.3 Å². The summed E-state index contributed by atoms with van der Waals surface area (Å²) in [5.41, 5.74) is -0.789. The van der Waals surface area contributed by atoms with E-state index in [4.69, 9.17) is 0 Å². The largest absolute Gasteiger partial charge is 0.434 e. The summed E-state index contributed by atoms with van der Waals surface area (Å²) in [5.74, 6) is 0.832. The van der Waals surface area contributed by atoms with E-state index >= 15 is 0 Å². The van der Waals surface area contributed by atoms with Crippen LogP contribution in [-0.4, -0.2) is 16.1 Å². The fourth-order valence-corrected chi connectivity index (χ4v) is 2.76. The van der Waals surface area contributed by atoms with E-state index in [-0.39, 0.29) is 6.04 Å². The predicted molar refractivity (Wildman–Crippen MR) is 52.1 cm³/mol. The minimum absolute atomic E-state index is 0.208. The molecule has 16 heavy (non-hydrogen) atoms. The third kappa shape index (κ3) is 1.39. The topological polar surface area (TPSA) is 29.9 Å². The number of fused-ring (bicyclic) bond motifs is 3. The van der Waals surface area contributed by atoms with E-state index in [1.54, 1.807) is 4.57 Å². The average molecular weight is 231 g/mol. The van der Waals surface area contributed by atoms with Gasteiger partial charge in [0.15, 0.2) is 5.69 Å². The second kappa shape index (κ2) is 3.15. The quantitative estimate of drug-likeness (QED) is 0.744. The van der Waals surface area contributed by atoms with Gasteiger partial charge in [-0.3, -0.25) is 0 Å². The van der Waals surface area contributed by atoms with Crippen molar-refractivity contribution < 1.29 is 13.2 Å². The number of hydrogen-bond donors (Lipinski definition) is 1. The van der Waals surface area contributed by atoms with Crippen molar-refractivity contribution in [1.82, 2.24) is 9.55 Å². The van der Waals surface area contributed by atoms with Gasteiger partial charge in [0.05, 0.1) is 0 Å². The van der Waals surface area contributed by atoms with Crippen LogP contribution in [0.25, 0.3) is 0 Å². The summed E-state index contributed by atoms with van der Waals surface area (Å²) in [6.07, 6.45) is -0.0514. The molecule has 2 unspecified atom stereocenters. The van der Waals surface area contributed by atoms with Crippen molar-refractivity contribution in [2.45, 2.75) is 31.5 Å². The molecule has 0 radical (unpaired) electrons. The molecule has 0 aromatic carbocycles. The Kier molecular flexibility index (Phi) is 1.96. The molecule has 2 atom stereocenters. The number of alkyl halides is 3. The van der Waals surface area contributed by atoms with E-state index in [1.165, 1.54) is 0 Å². The van der Waals surface area contributed by atoms with E-state index in [1.807, 2.05) is 0 Å². The third-order valence-electron chi connectivity index (χ3n) is 3.52. The molecule has 0 bridgehead atoms. The van der Waals surface area contributed by atoms with Gasteiger partial charge in [0.2, 0.25) is 5.95 Å². The minimum atomic E-state index is -4.35. The summed E-state index contributed by atoms with van der Waals surface area (Å²) in [6, 6.07) is 0.208. The Morgan fingerprint density at radius 3 is 2.94 bits per heavy atom. The first kappa shape index (κ1) is 9.99. The second-order valence-electron chi connectivity index (χ2n) is 4.49. The molecule has 1 saturated carbocycles. The maximum absolute atomic E-state index is 12.5. The summed E-state index contributed by atoms with van der Waals surface area (Å²) in [5, 5.41) is 2.98. The van der Waals surface area contributed by atoms with Gasteiger partial charge in [-0.25, -0.2) is 4.98 Å². The van der Waals surface area contributed by atoms with Crippen molar-refractivity contribution in [3.8, 4) is 0 Å². The van der Waals surface area contributed by atoms with Crippen LogP contribution < -0.4 is 5.32 Å². The van der Waals surface area contributed by atoms with E-state index in [9.17, 15) is 13.2 Å². The van der Waals surface area contributed by atoms with Crippen LogP contribution in [0.2, 0.25) is 0 Å². The summed E-state index contributed by atoms with van der Waals surface area (Å²) >= 11 is 0. The SMILES string of the molecule is FC(F)(F)c1cn2c(n1)NCC1CCCC12. The first-order valence-electron chi connectivity index (χ1n) is 5.45. The molecule has 1 aliphatic heterocycles. The zero-order chi connectivity index (χ0) is 11.3. The summed E-state index contributed by atoms with van der Waals surface area (Å²) < 4.78 is 39.2. The number of nitrogens with one attached hydrogen (secondary N) is 1. The lowest BCUT2D eigenvalue weighted by Gasteiger charge is -2.28. The highest BCUT2D eigenvalue weighted by Gasteiger charge is 2.39. The van der Waals surface area contributed by atoms with Crippen molar-refractivity contribution >= 4 is 5.95 Å². The van der Waals surface area contributed by atoms with Gasteiger partial charge >= 0.3 is 6.18 Å². The van der Waals surface area contributed by atoms with Gasteiger partial charge in [-0.2, -0.15) is 13.2 Å². The molecule has 2 heterocycles. The molecule has 1 aliphatic carbocycles. The Labute approximate surface area is 90.7 Å². The summed E-state index contributed by atoms with van der Waals surface area (Å²) in [4.78, 5) is 3.61. The number of halogens is 3. The van der Waals surface area contributed by atoms with Gasteiger partial charge in [-0.1, -0.05) is 6.42 Å². The van der Waals surface area contributed by atoms with Gasteiger partial charge in [0.1, 0.15) is 0 Å². The number of nitrogens with zero attached hydrogens (tertiary/aromatic N) is 2. The maximum Gasteiger partial charge on any atom is 0.434 e. The lowest BCUT2D eigenvalue weighted by molar-refractivity contribution is -0.140. The Hall–Kier alpha value is -1.20. The highest BCUT2D eigenvalue weighted by atomic mass is 19.4. The molecule has 88 valence electrons. The van der Waals surface area contributed by atoms with Crippen molar-refractivity contribution in [1.29, 1.82) is 0 Å². The monoisotopic (exact) mass is 231 g/mol. The standard InChI is InChI=1S/C10H12F3N3/c11-10(12,13)8-5-16-7-3-1-2-6(7)4-14-9(16)15-8/h5-7H,1-4H2,(H,14,15). The van der Waals surface area contributed by atoms with Gasteiger partial charge in [0.25, 0.3) is 0 Å². The molecule has 0 amide bonds. The normalized spacial score (nSPS) is 28.4. The lowest BCUT2D eigenvalue weighted by atomic mass is 10.0. The molecule has 1 aromatic rings. The highest BCUT2D eigenvalue weighted by Crippen LogP contribution is 2.42. The smallest absolute Gasteiger partial charge is 0.355 e. The Morgan fingerprint density at radius 2 is 2.19 bits per heavy atom. The van der Waals surface area contributed by atoms with Crippen molar-refractivity contribution in [2.75, 3.05) is 11.9 Å². The maximum atomic E-state index is 12.5. The Balaban J connectivity index is 2.00. The minimum Gasteiger partial charge on any atom is -0.355 e. The van der Waals surface area contributed by atoms with Crippen molar-refractivity contribution in [3.63, 3.8) is 0 Å². The highest BCUT2D eigenvalue weighted by molar-refractivity contribution is 5.34. The predicted octanol–water partition coefficient (Wildman–Crippen LogP) is 2.67. The third-order valence-corrected chi connectivity index (χ3v) is 3.52. The Bertz CT molecular complexity index is 410. The fourth-order valence-electron chi connectivity index (χ4n) is 2.76. The van der Waals surface area contributed by atoms with E-state index in [0.717, 1.165) is 32.0 Å². The first-order valence-corrected chi connectivity index (χ1v) is 5.45. The summed E-state index contributed by atoms with van der Waals surface area (Å²) in [7, 11) is 0. The zero-order valence-corrected chi connectivity index (χ0v) is 8.59. The van der Waals surface area contributed by atoms with Crippen LogP contribution in [-0.2, 0) is 6.18 Å². The molecular formula is C10H12F3N3. The van der Waals surface area contributed by atoms with Crippen LogP contribution in [0.3, 0.4) is 0 Å². The van der Waals surface area contributed by atoms with Gasteiger partial charge < -0.3 is 9.88 Å².